The molecule has 1 N–H and O–H groups in total. The number of ether oxygens (including phenoxy) is 1. The third-order valence-corrected chi connectivity index (χ3v) is 1.78. The maximum absolute atomic E-state index is 11.9. The van der Waals surface area contributed by atoms with Gasteiger partial charge >= 0.3 is 18.2 Å². The zero-order valence-corrected chi connectivity index (χ0v) is 7.99. The predicted molar refractivity (Wildman–Crippen MR) is 47.7 cm³/mol. The highest BCUT2D eigenvalue weighted by atomic mass is 19.4. The minimum absolute atomic E-state index is 0.0239. The van der Waals surface area contributed by atoms with Crippen molar-refractivity contribution in [3.63, 3.8) is 0 Å². The molecule has 2 aromatic rings. The molecule has 0 saturated heterocycles. The summed E-state index contributed by atoms with van der Waals surface area (Å²) in [5.74, 6) is -2.49. The number of alkyl halides is 3. The van der Waals surface area contributed by atoms with E-state index in [0.29, 0.717) is 0 Å². The smallest absolute Gasteiger partial charge is 0.474 e. The quantitative estimate of drug-likeness (QED) is 0.882. The van der Waals surface area contributed by atoms with E-state index in [1.807, 2.05) is 0 Å². The van der Waals surface area contributed by atoms with Gasteiger partial charge in [0, 0.05) is 6.07 Å². The van der Waals surface area contributed by atoms with Crippen molar-refractivity contribution in [1.82, 2.24) is 4.98 Å². The van der Waals surface area contributed by atoms with E-state index >= 15 is 0 Å². The van der Waals surface area contributed by atoms with Gasteiger partial charge < -0.3 is 14.3 Å². The van der Waals surface area contributed by atoms with Crippen molar-refractivity contribution in [1.29, 1.82) is 0 Å². The number of carboxylic acids is 1. The normalized spacial score (nSPS) is 11.7. The third kappa shape index (κ3) is 2.47. The molecule has 0 unspecified atom stereocenters. The van der Waals surface area contributed by atoms with E-state index in [2.05, 4.69) is 9.72 Å². The number of hydrogen-bond acceptors (Lipinski definition) is 4. The minimum atomic E-state index is -4.81. The fourth-order valence-corrected chi connectivity index (χ4v) is 1.20. The Labute approximate surface area is 91.4 Å². The predicted octanol–water partition coefficient (Wildman–Crippen LogP) is 2.42. The largest absolute Gasteiger partial charge is 0.573 e. The number of oxazole rings is 1. The van der Waals surface area contributed by atoms with E-state index in [4.69, 9.17) is 9.52 Å². The second-order valence-corrected chi connectivity index (χ2v) is 3.00. The summed E-state index contributed by atoms with van der Waals surface area (Å²) in [5, 5.41) is 8.57. The van der Waals surface area contributed by atoms with Gasteiger partial charge in [-0.05, 0) is 12.1 Å². The molecule has 90 valence electrons. The Kier molecular flexibility index (Phi) is 2.41. The second kappa shape index (κ2) is 3.65. The molecule has 17 heavy (non-hydrogen) atoms. The number of hydrogen-bond donors (Lipinski definition) is 1. The first-order valence-electron chi connectivity index (χ1n) is 4.25. The Bertz CT molecular complexity index is 575. The van der Waals surface area contributed by atoms with Crippen LogP contribution in [-0.2, 0) is 0 Å². The van der Waals surface area contributed by atoms with Gasteiger partial charge in [0.05, 0.1) is 0 Å². The van der Waals surface area contributed by atoms with Gasteiger partial charge in [-0.3, -0.25) is 0 Å². The van der Waals surface area contributed by atoms with Gasteiger partial charge in [0.25, 0.3) is 0 Å². The van der Waals surface area contributed by atoms with Crippen molar-refractivity contribution in [2.45, 2.75) is 6.36 Å². The highest BCUT2D eigenvalue weighted by Gasteiger charge is 2.31. The van der Waals surface area contributed by atoms with Crippen molar-refractivity contribution in [2.75, 3.05) is 0 Å². The number of aromatic carboxylic acids is 1. The molecule has 0 bridgehead atoms. The summed E-state index contributed by atoms with van der Waals surface area (Å²) in [6, 6.07) is 3.10. The fourth-order valence-electron chi connectivity index (χ4n) is 1.20. The Morgan fingerprint density at radius 1 is 1.41 bits per heavy atom. The standard InChI is InChI=1S/C9H4F3NO4/c10-9(11,12)17-4-1-2-6-5(3-4)13-7(16-6)8(14)15/h1-3H,(H,14,15). The first-order chi connectivity index (χ1) is 7.85. The van der Waals surface area contributed by atoms with E-state index in [0.717, 1.165) is 18.2 Å². The van der Waals surface area contributed by atoms with Crippen LogP contribution in [0.25, 0.3) is 11.1 Å². The molecule has 0 aliphatic heterocycles. The van der Waals surface area contributed by atoms with Crippen LogP contribution in [0, 0.1) is 0 Å². The maximum Gasteiger partial charge on any atom is 0.573 e. The molecule has 0 saturated carbocycles. The van der Waals surface area contributed by atoms with Gasteiger partial charge in [0.2, 0.25) is 0 Å². The Hall–Kier alpha value is -2.25. The van der Waals surface area contributed by atoms with Crippen LogP contribution < -0.4 is 4.74 Å². The number of halogens is 3. The molecule has 0 atom stereocenters. The lowest BCUT2D eigenvalue weighted by Crippen LogP contribution is -2.16. The van der Waals surface area contributed by atoms with Gasteiger partial charge in [0.1, 0.15) is 11.3 Å². The van der Waals surface area contributed by atoms with Crippen LogP contribution in [0.1, 0.15) is 10.7 Å². The molecule has 0 aliphatic rings. The lowest BCUT2D eigenvalue weighted by molar-refractivity contribution is -0.274. The number of rotatable bonds is 2. The SMILES string of the molecule is O=C(O)c1nc2cc(OC(F)(F)F)ccc2o1. The van der Waals surface area contributed by atoms with Crippen LogP contribution in [0.4, 0.5) is 13.2 Å². The van der Waals surface area contributed by atoms with Gasteiger partial charge in [-0.1, -0.05) is 0 Å². The minimum Gasteiger partial charge on any atom is -0.474 e. The summed E-state index contributed by atoms with van der Waals surface area (Å²) in [4.78, 5) is 14.0. The van der Waals surface area contributed by atoms with Crippen molar-refractivity contribution in [3.05, 3.63) is 24.1 Å². The number of aromatic nitrogens is 1. The lowest BCUT2D eigenvalue weighted by Gasteiger charge is -2.07. The van der Waals surface area contributed by atoms with Gasteiger partial charge in [-0.2, -0.15) is 0 Å². The number of fused-ring (bicyclic) bond motifs is 1. The molecule has 1 aromatic heterocycles. The summed E-state index contributed by atoms with van der Waals surface area (Å²) in [6.45, 7) is 0. The summed E-state index contributed by atoms with van der Waals surface area (Å²) in [7, 11) is 0. The van der Waals surface area contributed by atoms with Crippen LogP contribution in [-0.4, -0.2) is 22.4 Å². The molecule has 0 amide bonds. The molecule has 2 rings (SSSR count). The average Bonchev–Trinajstić information content (AvgIpc) is 2.57. The molecule has 1 heterocycles. The first-order valence-corrected chi connectivity index (χ1v) is 4.25. The summed E-state index contributed by atoms with van der Waals surface area (Å²) < 4.78 is 44.2. The third-order valence-electron chi connectivity index (χ3n) is 1.78. The Balaban J connectivity index is 2.40. The first kappa shape index (κ1) is 11.2. The molecule has 0 radical (unpaired) electrons. The van der Waals surface area contributed by atoms with Gasteiger partial charge in [-0.15, -0.1) is 13.2 Å². The van der Waals surface area contributed by atoms with Crippen LogP contribution in [0.15, 0.2) is 22.6 Å². The fraction of sp³-hybridized carbons (Fsp3) is 0.111. The molecule has 0 fully saturated rings. The zero-order valence-electron chi connectivity index (χ0n) is 7.99. The number of nitrogens with zero attached hydrogens (tertiary/aromatic N) is 1. The van der Waals surface area contributed by atoms with E-state index in [1.165, 1.54) is 0 Å². The molecule has 1 aromatic carbocycles. The molecule has 8 heteroatoms. The summed E-state index contributed by atoms with van der Waals surface area (Å²) >= 11 is 0. The summed E-state index contributed by atoms with van der Waals surface area (Å²) in [5.41, 5.74) is 0.0427. The summed E-state index contributed by atoms with van der Waals surface area (Å²) in [6.07, 6.45) is -4.81. The second-order valence-electron chi connectivity index (χ2n) is 3.00. The van der Waals surface area contributed by atoms with Gasteiger partial charge in [0.15, 0.2) is 5.58 Å². The van der Waals surface area contributed by atoms with Crippen molar-refractivity contribution in [2.24, 2.45) is 0 Å². The van der Waals surface area contributed by atoms with Crippen molar-refractivity contribution < 1.29 is 32.2 Å². The number of carbonyl (C=O) groups is 1. The van der Waals surface area contributed by atoms with E-state index < -0.39 is 24.0 Å². The van der Waals surface area contributed by atoms with E-state index in [-0.39, 0.29) is 11.1 Å². The lowest BCUT2D eigenvalue weighted by atomic mass is 10.3. The highest BCUT2D eigenvalue weighted by Crippen LogP contribution is 2.26. The highest BCUT2D eigenvalue weighted by molar-refractivity contribution is 5.86. The van der Waals surface area contributed by atoms with Crippen LogP contribution in [0.2, 0.25) is 0 Å². The van der Waals surface area contributed by atoms with E-state index in [1.54, 1.807) is 0 Å². The molecule has 5 nitrogen and oxygen atoms in total. The number of benzene rings is 1. The van der Waals surface area contributed by atoms with Crippen LogP contribution >= 0.6 is 0 Å². The monoisotopic (exact) mass is 247 g/mol. The average molecular weight is 247 g/mol. The molecular weight excluding hydrogens is 243 g/mol. The van der Waals surface area contributed by atoms with E-state index in [9.17, 15) is 18.0 Å². The molecular formula is C9H4F3NO4. The van der Waals surface area contributed by atoms with Crippen LogP contribution in [0.3, 0.4) is 0 Å². The van der Waals surface area contributed by atoms with Crippen molar-refractivity contribution in [3.8, 4) is 5.75 Å². The maximum atomic E-state index is 11.9. The molecule has 0 spiro atoms. The Morgan fingerprint density at radius 3 is 2.71 bits per heavy atom. The number of carboxylic acid groups (broad SMARTS) is 1. The topological polar surface area (TPSA) is 72.6 Å². The van der Waals surface area contributed by atoms with Crippen LogP contribution in [0.5, 0.6) is 5.75 Å². The van der Waals surface area contributed by atoms with Gasteiger partial charge in [-0.25, -0.2) is 9.78 Å². The zero-order chi connectivity index (χ0) is 12.6. The Morgan fingerprint density at radius 2 is 2.12 bits per heavy atom. The molecule has 0 aliphatic carbocycles. The van der Waals surface area contributed by atoms with Crippen molar-refractivity contribution >= 4 is 17.1 Å².